The zero-order chi connectivity index (χ0) is 16.7. The molecule has 2 heterocycles. The second kappa shape index (κ2) is 5.63. The molecule has 6 heteroatoms. The van der Waals surface area contributed by atoms with Crippen molar-refractivity contribution in [1.29, 1.82) is 0 Å². The summed E-state index contributed by atoms with van der Waals surface area (Å²) in [6.45, 7) is 0.202. The van der Waals surface area contributed by atoms with Gasteiger partial charge in [-0.3, -0.25) is 4.79 Å². The first-order valence-corrected chi connectivity index (χ1v) is 7.65. The molecule has 0 radical (unpaired) electrons. The molecule has 2 aromatic carbocycles. The van der Waals surface area contributed by atoms with Crippen molar-refractivity contribution in [3.05, 3.63) is 41.5 Å². The van der Waals surface area contributed by atoms with E-state index < -0.39 is 0 Å². The van der Waals surface area contributed by atoms with Gasteiger partial charge in [0.25, 0.3) is 0 Å². The number of amides is 1. The second-order valence-corrected chi connectivity index (χ2v) is 5.71. The first kappa shape index (κ1) is 14.7. The van der Waals surface area contributed by atoms with Crippen LogP contribution in [0.15, 0.2) is 30.3 Å². The molecule has 1 unspecified atom stereocenters. The zero-order valence-electron chi connectivity index (χ0n) is 13.4. The fourth-order valence-electron chi connectivity index (χ4n) is 3.22. The molecule has 2 aromatic rings. The number of benzene rings is 2. The Bertz CT molecular complexity index is 817. The van der Waals surface area contributed by atoms with Crippen LogP contribution in [0.5, 0.6) is 23.0 Å². The van der Waals surface area contributed by atoms with Gasteiger partial charge in [0.15, 0.2) is 23.0 Å². The minimum absolute atomic E-state index is 0.0267. The van der Waals surface area contributed by atoms with E-state index in [0.717, 1.165) is 16.8 Å². The Morgan fingerprint density at radius 3 is 2.54 bits per heavy atom. The summed E-state index contributed by atoms with van der Waals surface area (Å²) in [7, 11) is 3.20. The standard InChI is InChI=1S/C18H17NO5/c1-21-14-4-3-10(5-15(14)22-2)11-7-18(20)19-13-8-17-16(6-12(11)13)23-9-24-17/h3-6,8,11H,7,9H2,1-2H3,(H,19,20). The van der Waals surface area contributed by atoms with Gasteiger partial charge in [0, 0.05) is 24.1 Å². The Kier molecular flexibility index (Phi) is 3.45. The topological polar surface area (TPSA) is 66.0 Å². The van der Waals surface area contributed by atoms with Gasteiger partial charge in [-0.05, 0) is 29.3 Å². The number of hydrogen-bond acceptors (Lipinski definition) is 5. The Balaban J connectivity index is 1.81. The van der Waals surface area contributed by atoms with E-state index >= 15 is 0 Å². The number of rotatable bonds is 3. The zero-order valence-corrected chi connectivity index (χ0v) is 13.4. The highest BCUT2D eigenvalue weighted by atomic mass is 16.7. The number of fused-ring (bicyclic) bond motifs is 2. The van der Waals surface area contributed by atoms with Crippen LogP contribution in [0.2, 0.25) is 0 Å². The molecule has 6 nitrogen and oxygen atoms in total. The van der Waals surface area contributed by atoms with E-state index in [4.69, 9.17) is 18.9 Å². The Morgan fingerprint density at radius 2 is 1.79 bits per heavy atom. The molecule has 1 atom stereocenters. The van der Waals surface area contributed by atoms with E-state index in [1.165, 1.54) is 0 Å². The van der Waals surface area contributed by atoms with Gasteiger partial charge in [0.05, 0.1) is 14.2 Å². The van der Waals surface area contributed by atoms with Crippen LogP contribution in [0.3, 0.4) is 0 Å². The van der Waals surface area contributed by atoms with Gasteiger partial charge in [-0.2, -0.15) is 0 Å². The molecule has 1 N–H and O–H groups in total. The summed E-state index contributed by atoms with van der Waals surface area (Å²) in [4.78, 5) is 12.1. The van der Waals surface area contributed by atoms with E-state index in [1.807, 2.05) is 30.3 Å². The lowest BCUT2D eigenvalue weighted by atomic mass is 9.84. The van der Waals surface area contributed by atoms with Crippen molar-refractivity contribution in [3.8, 4) is 23.0 Å². The summed E-state index contributed by atoms with van der Waals surface area (Å²) < 4.78 is 21.5. The highest BCUT2D eigenvalue weighted by Gasteiger charge is 2.30. The molecule has 2 aliphatic heterocycles. The van der Waals surface area contributed by atoms with E-state index in [2.05, 4.69) is 5.32 Å². The van der Waals surface area contributed by atoms with Crippen LogP contribution < -0.4 is 24.3 Å². The lowest BCUT2D eigenvalue weighted by Crippen LogP contribution is -2.23. The van der Waals surface area contributed by atoms with Gasteiger partial charge in [-0.25, -0.2) is 0 Å². The predicted octanol–water partition coefficient (Wildman–Crippen LogP) is 2.91. The minimum Gasteiger partial charge on any atom is -0.493 e. The van der Waals surface area contributed by atoms with Crippen LogP contribution in [-0.4, -0.2) is 26.9 Å². The third-order valence-corrected chi connectivity index (χ3v) is 4.39. The maximum Gasteiger partial charge on any atom is 0.231 e. The smallest absolute Gasteiger partial charge is 0.231 e. The van der Waals surface area contributed by atoms with Gasteiger partial charge in [-0.15, -0.1) is 0 Å². The fourth-order valence-corrected chi connectivity index (χ4v) is 3.22. The van der Waals surface area contributed by atoms with Crippen molar-refractivity contribution in [2.75, 3.05) is 26.3 Å². The maximum absolute atomic E-state index is 12.1. The number of hydrogen-bond donors (Lipinski definition) is 1. The average molecular weight is 327 g/mol. The van der Waals surface area contributed by atoms with E-state index in [0.29, 0.717) is 29.4 Å². The van der Waals surface area contributed by atoms with Crippen LogP contribution >= 0.6 is 0 Å². The lowest BCUT2D eigenvalue weighted by Gasteiger charge is -2.26. The summed E-state index contributed by atoms with van der Waals surface area (Å²) in [6.07, 6.45) is 0.363. The molecule has 24 heavy (non-hydrogen) atoms. The molecule has 0 aromatic heterocycles. The van der Waals surface area contributed by atoms with Crippen LogP contribution in [0, 0.1) is 0 Å². The van der Waals surface area contributed by atoms with Crippen molar-refractivity contribution in [2.24, 2.45) is 0 Å². The molecule has 0 spiro atoms. The molecule has 0 saturated carbocycles. The lowest BCUT2D eigenvalue weighted by molar-refractivity contribution is -0.116. The highest BCUT2D eigenvalue weighted by Crippen LogP contribution is 2.45. The third-order valence-electron chi connectivity index (χ3n) is 4.39. The number of anilines is 1. The van der Waals surface area contributed by atoms with Crippen molar-refractivity contribution in [3.63, 3.8) is 0 Å². The van der Waals surface area contributed by atoms with Gasteiger partial charge in [0.2, 0.25) is 12.7 Å². The summed E-state index contributed by atoms with van der Waals surface area (Å²) in [5, 5.41) is 2.91. The van der Waals surface area contributed by atoms with Gasteiger partial charge < -0.3 is 24.3 Å². The quantitative estimate of drug-likeness (QED) is 0.939. The Hall–Kier alpha value is -2.89. The third kappa shape index (κ3) is 2.31. The number of ether oxygens (including phenoxy) is 4. The molecule has 2 aliphatic rings. The van der Waals surface area contributed by atoms with Gasteiger partial charge >= 0.3 is 0 Å². The first-order valence-electron chi connectivity index (χ1n) is 7.65. The summed E-state index contributed by atoms with van der Waals surface area (Å²) in [6, 6.07) is 9.49. The average Bonchev–Trinajstić information content (AvgIpc) is 3.05. The monoisotopic (exact) mass is 327 g/mol. The number of nitrogens with one attached hydrogen (secondary N) is 1. The van der Waals surface area contributed by atoms with E-state index in [9.17, 15) is 4.79 Å². The number of methoxy groups -OCH3 is 2. The Labute approximate surface area is 139 Å². The van der Waals surface area contributed by atoms with Gasteiger partial charge in [-0.1, -0.05) is 6.07 Å². The molecular formula is C18H17NO5. The van der Waals surface area contributed by atoms with E-state index in [1.54, 1.807) is 14.2 Å². The van der Waals surface area contributed by atoms with Gasteiger partial charge in [0.1, 0.15) is 0 Å². The summed E-state index contributed by atoms with van der Waals surface area (Å²) in [5.74, 6) is 2.55. The van der Waals surface area contributed by atoms with Crippen LogP contribution in [-0.2, 0) is 4.79 Å². The van der Waals surface area contributed by atoms with Crippen LogP contribution in [0.25, 0.3) is 0 Å². The molecule has 0 aliphatic carbocycles. The molecular weight excluding hydrogens is 310 g/mol. The predicted molar refractivity (Wildman–Crippen MR) is 87.2 cm³/mol. The Morgan fingerprint density at radius 1 is 1.04 bits per heavy atom. The molecule has 0 saturated heterocycles. The molecule has 4 rings (SSSR count). The molecule has 124 valence electrons. The van der Waals surface area contributed by atoms with E-state index in [-0.39, 0.29) is 18.6 Å². The molecule has 0 fully saturated rings. The normalized spacial score (nSPS) is 17.9. The largest absolute Gasteiger partial charge is 0.493 e. The second-order valence-electron chi connectivity index (χ2n) is 5.71. The van der Waals surface area contributed by atoms with Crippen LogP contribution in [0.1, 0.15) is 23.5 Å². The van der Waals surface area contributed by atoms with Crippen LogP contribution in [0.4, 0.5) is 5.69 Å². The van der Waals surface area contributed by atoms with Crippen molar-refractivity contribution in [1.82, 2.24) is 0 Å². The van der Waals surface area contributed by atoms with Crippen molar-refractivity contribution >= 4 is 11.6 Å². The summed E-state index contributed by atoms with van der Waals surface area (Å²) >= 11 is 0. The fraction of sp³-hybridized carbons (Fsp3) is 0.278. The SMILES string of the molecule is COc1ccc(C2CC(=O)Nc3cc4c(cc32)OCO4)cc1OC. The number of carbonyl (C=O) groups is 1. The van der Waals surface area contributed by atoms with Crippen molar-refractivity contribution in [2.45, 2.75) is 12.3 Å². The van der Waals surface area contributed by atoms with Crippen molar-refractivity contribution < 1.29 is 23.7 Å². The highest BCUT2D eigenvalue weighted by molar-refractivity contribution is 5.96. The first-order chi connectivity index (χ1) is 11.7. The minimum atomic E-state index is -0.0805. The molecule has 0 bridgehead atoms. The molecule has 1 amide bonds. The number of carbonyl (C=O) groups excluding carboxylic acids is 1. The summed E-state index contributed by atoms with van der Waals surface area (Å²) in [5.41, 5.74) is 2.75. The maximum atomic E-state index is 12.1.